The second-order valence-corrected chi connectivity index (χ2v) is 3.38. The van der Waals surface area contributed by atoms with Crippen LogP contribution in [0.4, 0.5) is 11.4 Å². The zero-order chi connectivity index (χ0) is 12.3. The maximum Gasteiger partial charge on any atom is 0.334 e. The number of nitro groups is 1. The van der Waals surface area contributed by atoms with Crippen molar-refractivity contribution in [2.24, 2.45) is 0 Å². The van der Waals surface area contributed by atoms with Crippen molar-refractivity contribution in [1.82, 2.24) is 0 Å². The number of amides is 1. The van der Waals surface area contributed by atoms with Crippen molar-refractivity contribution in [3.8, 4) is 5.75 Å². The number of carbonyl (C=O) groups excluding carboxylic acids is 1. The van der Waals surface area contributed by atoms with Crippen molar-refractivity contribution < 1.29 is 19.2 Å². The summed E-state index contributed by atoms with van der Waals surface area (Å²) in [6, 6.07) is 4.46. The Morgan fingerprint density at radius 2 is 2.35 bits per heavy atom. The zero-order valence-electron chi connectivity index (χ0n) is 8.79. The Labute approximate surface area is 96.5 Å². The normalized spacial score (nSPS) is 18.0. The summed E-state index contributed by atoms with van der Waals surface area (Å²) in [5.41, 5.74) is -0.170. The summed E-state index contributed by atoms with van der Waals surface area (Å²) in [5, 5.41) is 13.2. The first-order valence-electron chi connectivity index (χ1n) is 4.98. The van der Waals surface area contributed by atoms with E-state index in [4.69, 9.17) is 9.47 Å². The molecule has 1 fully saturated rings. The van der Waals surface area contributed by atoms with Crippen LogP contribution < -0.4 is 10.1 Å². The number of nitro benzene ring substituents is 1. The molecule has 0 aromatic heterocycles. The van der Waals surface area contributed by atoms with Crippen molar-refractivity contribution in [3.63, 3.8) is 0 Å². The van der Waals surface area contributed by atoms with E-state index in [1.807, 2.05) is 0 Å². The summed E-state index contributed by atoms with van der Waals surface area (Å²) in [4.78, 5) is 20.7. The Bertz CT molecular complexity index is 444. The molecule has 1 atom stereocenters. The maximum atomic E-state index is 10.9. The van der Waals surface area contributed by atoms with Gasteiger partial charge < -0.3 is 14.8 Å². The molecule has 0 radical (unpaired) electrons. The lowest BCUT2D eigenvalue weighted by Gasteiger charge is -2.26. The highest BCUT2D eigenvalue weighted by Crippen LogP contribution is 2.36. The molecule has 2 rings (SSSR count). The Balaban J connectivity index is 2.31. The molecule has 0 aliphatic carbocycles. The predicted octanol–water partition coefficient (Wildman–Crippen LogP) is 1.29. The lowest BCUT2D eigenvalue weighted by atomic mass is 10.2. The van der Waals surface area contributed by atoms with E-state index in [0.717, 1.165) is 0 Å². The van der Waals surface area contributed by atoms with E-state index < -0.39 is 11.2 Å². The molecule has 1 saturated heterocycles. The number of ether oxygens (including phenoxy) is 2. The first-order chi connectivity index (χ1) is 8.22. The molecule has 90 valence electrons. The molecule has 1 aliphatic heterocycles. The largest absolute Gasteiger partial charge is 0.458 e. The predicted molar refractivity (Wildman–Crippen MR) is 57.8 cm³/mol. The van der Waals surface area contributed by atoms with Crippen LogP contribution in [0.15, 0.2) is 18.2 Å². The van der Waals surface area contributed by atoms with Gasteiger partial charge in [-0.3, -0.25) is 14.9 Å². The Hall–Kier alpha value is -2.15. The average molecular weight is 238 g/mol. The SMILES string of the molecule is O=CNc1cccc(OC2CCO2)c1[N+](=O)[O-]. The van der Waals surface area contributed by atoms with Crippen LogP contribution in [0.5, 0.6) is 5.75 Å². The lowest BCUT2D eigenvalue weighted by molar-refractivity contribution is -0.385. The van der Waals surface area contributed by atoms with Gasteiger partial charge in [0.25, 0.3) is 0 Å². The van der Waals surface area contributed by atoms with E-state index in [2.05, 4.69) is 5.32 Å². The number of nitrogens with one attached hydrogen (secondary N) is 1. The summed E-state index contributed by atoms with van der Waals surface area (Å²) in [5.74, 6) is 0.0894. The molecule has 1 heterocycles. The van der Waals surface area contributed by atoms with E-state index in [9.17, 15) is 14.9 Å². The molecule has 7 nitrogen and oxygen atoms in total. The third kappa shape index (κ3) is 2.34. The minimum Gasteiger partial charge on any atom is -0.458 e. The van der Waals surface area contributed by atoms with Gasteiger partial charge >= 0.3 is 5.69 Å². The fourth-order valence-electron chi connectivity index (χ4n) is 1.43. The highest BCUT2D eigenvalue weighted by atomic mass is 16.7. The highest BCUT2D eigenvalue weighted by Gasteiger charge is 2.26. The number of para-hydroxylation sites is 1. The average Bonchev–Trinajstić information content (AvgIpc) is 2.23. The fourth-order valence-corrected chi connectivity index (χ4v) is 1.43. The minimum absolute atomic E-state index is 0.0894. The molecular weight excluding hydrogens is 228 g/mol. The molecule has 0 bridgehead atoms. The summed E-state index contributed by atoms with van der Waals surface area (Å²) in [7, 11) is 0. The second-order valence-electron chi connectivity index (χ2n) is 3.38. The van der Waals surface area contributed by atoms with Gasteiger partial charge in [0, 0.05) is 6.42 Å². The number of anilines is 1. The summed E-state index contributed by atoms with van der Waals surface area (Å²) >= 11 is 0. The maximum absolute atomic E-state index is 10.9. The Morgan fingerprint density at radius 1 is 1.59 bits per heavy atom. The van der Waals surface area contributed by atoms with E-state index in [-0.39, 0.29) is 17.1 Å². The molecule has 1 aliphatic rings. The van der Waals surface area contributed by atoms with Crippen LogP contribution in [0.1, 0.15) is 6.42 Å². The molecule has 7 heteroatoms. The first-order valence-corrected chi connectivity index (χ1v) is 4.98. The van der Waals surface area contributed by atoms with Crippen LogP contribution in [-0.4, -0.2) is 24.2 Å². The molecule has 0 saturated carbocycles. The molecule has 1 N–H and O–H groups in total. The van der Waals surface area contributed by atoms with Crippen molar-refractivity contribution >= 4 is 17.8 Å². The molecule has 1 amide bonds. The summed E-state index contributed by atoms with van der Waals surface area (Å²) in [6.45, 7) is 0.588. The standard InChI is InChI=1S/C10H10N2O5/c13-6-11-7-2-1-3-8(10(7)12(14)15)17-9-4-5-16-9/h1-3,6,9H,4-5H2,(H,11,13). The molecule has 1 unspecified atom stereocenters. The zero-order valence-corrected chi connectivity index (χ0v) is 8.79. The van der Waals surface area contributed by atoms with Crippen LogP contribution >= 0.6 is 0 Å². The number of hydrogen-bond acceptors (Lipinski definition) is 5. The topological polar surface area (TPSA) is 90.7 Å². The van der Waals surface area contributed by atoms with Crippen molar-refractivity contribution in [2.45, 2.75) is 12.7 Å². The molecule has 1 aromatic carbocycles. The van der Waals surface area contributed by atoms with Crippen LogP contribution in [-0.2, 0) is 9.53 Å². The van der Waals surface area contributed by atoms with E-state index in [1.165, 1.54) is 12.1 Å². The van der Waals surface area contributed by atoms with Crippen molar-refractivity contribution in [2.75, 3.05) is 11.9 Å². The Kier molecular flexibility index (Phi) is 3.20. The highest BCUT2D eigenvalue weighted by molar-refractivity contribution is 5.80. The molecule has 17 heavy (non-hydrogen) atoms. The van der Waals surface area contributed by atoms with Crippen LogP contribution in [0, 0.1) is 10.1 Å². The monoisotopic (exact) mass is 238 g/mol. The summed E-state index contributed by atoms with van der Waals surface area (Å²) < 4.78 is 10.3. The smallest absolute Gasteiger partial charge is 0.334 e. The third-order valence-electron chi connectivity index (χ3n) is 2.31. The molecular formula is C10H10N2O5. The van der Waals surface area contributed by atoms with E-state index >= 15 is 0 Å². The van der Waals surface area contributed by atoms with Gasteiger partial charge in [-0.1, -0.05) is 6.07 Å². The number of nitrogens with zero attached hydrogens (tertiary/aromatic N) is 1. The molecule has 0 spiro atoms. The van der Waals surface area contributed by atoms with Crippen LogP contribution in [0.3, 0.4) is 0 Å². The van der Waals surface area contributed by atoms with Gasteiger partial charge in [-0.15, -0.1) is 0 Å². The molecule has 1 aromatic rings. The minimum atomic E-state index is -0.597. The number of hydrogen-bond donors (Lipinski definition) is 1. The van der Waals surface area contributed by atoms with Gasteiger partial charge in [0.15, 0.2) is 0 Å². The van der Waals surface area contributed by atoms with Crippen molar-refractivity contribution in [3.05, 3.63) is 28.3 Å². The van der Waals surface area contributed by atoms with E-state index in [0.29, 0.717) is 19.4 Å². The van der Waals surface area contributed by atoms with Gasteiger partial charge in [0.05, 0.1) is 11.5 Å². The van der Waals surface area contributed by atoms with Gasteiger partial charge in [0.1, 0.15) is 5.69 Å². The number of benzene rings is 1. The van der Waals surface area contributed by atoms with E-state index in [1.54, 1.807) is 6.07 Å². The van der Waals surface area contributed by atoms with Crippen LogP contribution in [0.2, 0.25) is 0 Å². The second kappa shape index (κ2) is 4.79. The fraction of sp³-hybridized carbons (Fsp3) is 0.300. The van der Waals surface area contributed by atoms with Gasteiger partial charge in [-0.25, -0.2) is 0 Å². The number of rotatable bonds is 5. The van der Waals surface area contributed by atoms with Gasteiger partial charge in [-0.05, 0) is 12.1 Å². The first kappa shape index (κ1) is 11.3. The van der Waals surface area contributed by atoms with Gasteiger partial charge in [0.2, 0.25) is 18.4 Å². The lowest BCUT2D eigenvalue weighted by Crippen LogP contribution is -2.32. The number of carbonyl (C=O) groups is 1. The van der Waals surface area contributed by atoms with Crippen molar-refractivity contribution in [1.29, 1.82) is 0 Å². The Morgan fingerprint density at radius 3 is 2.88 bits per heavy atom. The van der Waals surface area contributed by atoms with Crippen LogP contribution in [0.25, 0.3) is 0 Å². The van der Waals surface area contributed by atoms with Gasteiger partial charge in [-0.2, -0.15) is 0 Å². The third-order valence-corrected chi connectivity index (χ3v) is 2.31. The summed E-state index contributed by atoms with van der Waals surface area (Å²) in [6.07, 6.45) is 0.634. The quantitative estimate of drug-likeness (QED) is 0.474.